The molecule has 22 valence electrons. The molecule has 0 aliphatic carbocycles. The Balaban J connectivity index is 2.65. The second-order valence-corrected chi connectivity index (χ2v) is 0.691. The Morgan fingerprint density at radius 3 is 2.40 bits per heavy atom. The molecule has 0 aromatic rings. The van der Waals surface area contributed by atoms with Gasteiger partial charge in [0.2, 0.25) is 0 Å². The normalized spacial score (nSPS) is 4.60. The Kier molecular flexibility index (Phi) is 3.99. The second-order valence-electron chi connectivity index (χ2n) is 0.691. The predicted octanol–water partition coefficient (Wildman–Crippen LogP) is -1.07. The Morgan fingerprint density at radius 2 is 2.40 bits per heavy atom. The molecule has 0 saturated heterocycles. The van der Waals surface area contributed by atoms with Crippen LogP contribution in [-0.4, -0.2) is 21.3 Å². The molecule has 0 aliphatic rings. The summed E-state index contributed by atoms with van der Waals surface area (Å²) in [6.07, 6.45) is 0.472. The van der Waals surface area contributed by atoms with Crippen LogP contribution < -0.4 is 0 Å². The van der Waals surface area contributed by atoms with Gasteiger partial charge in [-0.2, -0.15) is 0 Å². The van der Waals surface area contributed by atoms with E-state index in [1.54, 1.807) is 6.80 Å². The van der Waals surface area contributed by atoms with Crippen LogP contribution in [0.1, 0.15) is 0 Å². The van der Waals surface area contributed by atoms with E-state index in [1.807, 2.05) is 0 Å². The fourth-order valence-electron chi connectivity index (χ4n) is 0.0680. The van der Waals surface area contributed by atoms with E-state index in [-0.39, 0.29) is 0 Å². The van der Waals surface area contributed by atoms with Gasteiger partial charge in [-0.3, -0.25) is 0 Å². The molecule has 0 bridgehead atoms. The van der Waals surface area contributed by atoms with Crippen LogP contribution in [0, 0.1) is 0 Å². The van der Waals surface area contributed by atoms with Gasteiger partial charge in [-0.15, -0.1) is 0 Å². The van der Waals surface area contributed by atoms with E-state index in [9.17, 15) is 4.70 Å². The number of hydrogen-bond acceptors (Lipinski definition) is 1. The summed E-state index contributed by atoms with van der Waals surface area (Å²) in [6, 6.07) is 0. The SMILES string of the molecule is B=BCB=O. The molecule has 0 amide bonds. The Bertz CT molecular complexity index is 36.2. The van der Waals surface area contributed by atoms with E-state index in [4.69, 9.17) is 0 Å². The van der Waals surface area contributed by atoms with Crippen LogP contribution in [0.15, 0.2) is 0 Å². The average Bonchev–Trinajstić information content (AvgIpc) is 1.41. The Hall–Kier alpha value is -0.00519. The molecular weight excluding hydrogens is 60.4 g/mol. The van der Waals surface area contributed by atoms with E-state index in [0.717, 1.165) is 7.15 Å². The van der Waals surface area contributed by atoms with E-state index in [0.29, 0.717) is 6.22 Å². The average molecular weight is 63.5 g/mol. The van der Waals surface area contributed by atoms with Crippen LogP contribution in [0.5, 0.6) is 0 Å². The molecule has 0 aliphatic heterocycles. The van der Waals surface area contributed by atoms with Crippen LogP contribution in [0.25, 0.3) is 0 Å². The molecule has 5 heavy (non-hydrogen) atoms. The molecule has 0 unspecified atom stereocenters. The van der Waals surface area contributed by atoms with Crippen molar-refractivity contribution in [1.29, 1.82) is 0 Å². The summed E-state index contributed by atoms with van der Waals surface area (Å²) in [5, 5.41) is 0. The van der Waals surface area contributed by atoms with Gasteiger partial charge < -0.3 is 0 Å². The van der Waals surface area contributed by atoms with Gasteiger partial charge >= 0.3 is 32.2 Å². The van der Waals surface area contributed by atoms with Crippen LogP contribution in [-0.2, 0) is 4.70 Å². The van der Waals surface area contributed by atoms with Gasteiger partial charge in [-0.25, -0.2) is 0 Å². The molecule has 0 aromatic heterocycles. The maximum atomic E-state index is 9.33. The predicted molar refractivity (Wildman–Crippen MR) is 24.2 cm³/mol. The molecule has 0 heterocycles. The topological polar surface area (TPSA) is 17.1 Å². The van der Waals surface area contributed by atoms with Gasteiger partial charge in [0.25, 0.3) is 0 Å². The van der Waals surface area contributed by atoms with Crippen LogP contribution in [0.4, 0.5) is 0 Å². The molecule has 0 fully saturated rings. The summed E-state index contributed by atoms with van der Waals surface area (Å²) in [5.74, 6) is 0. The molecule has 0 radical (unpaired) electrons. The van der Waals surface area contributed by atoms with Crippen molar-refractivity contribution in [2.24, 2.45) is 0 Å². The minimum absolute atomic E-state index is 0.472. The van der Waals surface area contributed by atoms with Gasteiger partial charge in [-0.05, 0) is 0 Å². The van der Waals surface area contributed by atoms with Gasteiger partial charge in [0.05, 0.1) is 0 Å². The summed E-state index contributed by atoms with van der Waals surface area (Å²) >= 11 is 0. The molecule has 0 N–H and O–H groups in total. The van der Waals surface area contributed by atoms with Crippen LogP contribution >= 0.6 is 0 Å². The fraction of sp³-hybridized carbons (Fsp3) is 1.00. The monoisotopic (exact) mass is 64.0 g/mol. The van der Waals surface area contributed by atoms with Crippen molar-refractivity contribution in [1.82, 2.24) is 0 Å². The quantitative estimate of drug-likeness (QED) is 0.373. The van der Waals surface area contributed by atoms with Gasteiger partial charge in [-0.1, -0.05) is 0 Å². The molecular formula is CH3B3O. The zero-order chi connectivity index (χ0) is 4.12. The third kappa shape index (κ3) is 3.99. The van der Waals surface area contributed by atoms with Crippen LogP contribution in [0.2, 0.25) is 6.22 Å². The van der Waals surface area contributed by atoms with E-state index in [2.05, 4.69) is 7.37 Å². The first kappa shape index (κ1) is 4.99. The number of hydrogen-bond donors (Lipinski definition) is 0. The summed E-state index contributed by atoms with van der Waals surface area (Å²) < 4.78 is 9.33. The van der Waals surface area contributed by atoms with E-state index in [1.165, 1.54) is 0 Å². The summed E-state index contributed by atoms with van der Waals surface area (Å²) in [7, 11) is 4.13. The zero-order valence-electron chi connectivity index (χ0n) is 2.98. The molecule has 0 rings (SSSR count). The third-order valence-corrected chi connectivity index (χ3v) is 0.263. The molecule has 0 spiro atoms. The molecule has 0 atom stereocenters. The molecule has 4 heteroatoms. The Morgan fingerprint density at radius 1 is 1.80 bits per heavy atom. The van der Waals surface area contributed by atoms with Crippen molar-refractivity contribution in [3.63, 3.8) is 0 Å². The van der Waals surface area contributed by atoms with Gasteiger partial charge in [0.15, 0.2) is 0 Å². The maximum absolute atomic E-state index is 9.33. The first-order chi connectivity index (χ1) is 2.41. The van der Waals surface area contributed by atoms with E-state index >= 15 is 0 Å². The van der Waals surface area contributed by atoms with Crippen molar-refractivity contribution >= 4 is 21.3 Å². The first-order valence-electron chi connectivity index (χ1n) is 1.46. The van der Waals surface area contributed by atoms with Crippen molar-refractivity contribution < 1.29 is 4.70 Å². The molecule has 0 aromatic carbocycles. The number of rotatable bonds is 2. The van der Waals surface area contributed by atoms with Crippen molar-refractivity contribution in [3.8, 4) is 0 Å². The summed E-state index contributed by atoms with van der Waals surface area (Å²) in [5.41, 5.74) is 0. The standard InChI is InChI=1S/CH3B3O/c2-3-1-4-5/h2H,1H2. The van der Waals surface area contributed by atoms with Gasteiger partial charge in [0, 0.05) is 0 Å². The third-order valence-electron chi connectivity index (χ3n) is 0.263. The zero-order valence-corrected chi connectivity index (χ0v) is 2.98. The molecule has 1 nitrogen and oxygen atoms in total. The minimum atomic E-state index is 0.472. The second kappa shape index (κ2) is 3.99. The van der Waals surface area contributed by atoms with Crippen molar-refractivity contribution in [2.45, 2.75) is 6.22 Å². The van der Waals surface area contributed by atoms with E-state index < -0.39 is 0 Å². The van der Waals surface area contributed by atoms with Gasteiger partial charge in [0.1, 0.15) is 0 Å². The first-order valence-corrected chi connectivity index (χ1v) is 1.46. The van der Waals surface area contributed by atoms with Crippen LogP contribution in [0.3, 0.4) is 0 Å². The van der Waals surface area contributed by atoms with Crippen molar-refractivity contribution in [3.05, 3.63) is 0 Å². The summed E-state index contributed by atoms with van der Waals surface area (Å²) in [4.78, 5) is 0. The molecule has 0 saturated carbocycles. The Labute approximate surface area is 33.3 Å². The van der Waals surface area contributed by atoms with Crippen molar-refractivity contribution in [2.75, 3.05) is 0 Å². The summed E-state index contributed by atoms with van der Waals surface area (Å²) in [6.45, 7) is 1.56. The fourth-order valence-corrected chi connectivity index (χ4v) is 0.0680.